The van der Waals surface area contributed by atoms with Crippen LogP contribution in [-0.4, -0.2) is 6.61 Å². The summed E-state index contributed by atoms with van der Waals surface area (Å²) in [5.74, 6) is 0.887. The van der Waals surface area contributed by atoms with E-state index in [1.165, 1.54) is 5.56 Å². The quantitative estimate of drug-likeness (QED) is 0.896. The molecule has 2 rings (SSSR count). The minimum absolute atomic E-state index is 0.0911. The van der Waals surface area contributed by atoms with E-state index in [9.17, 15) is 0 Å². The topological polar surface area (TPSA) is 35.2 Å². The third-order valence-corrected chi connectivity index (χ3v) is 3.34. The third kappa shape index (κ3) is 3.72. The summed E-state index contributed by atoms with van der Waals surface area (Å²) in [6.07, 6.45) is 0.760. The van der Waals surface area contributed by atoms with Crippen LogP contribution in [0.15, 0.2) is 48.5 Å². The fourth-order valence-corrected chi connectivity index (χ4v) is 2.30. The van der Waals surface area contributed by atoms with E-state index < -0.39 is 0 Å². The highest BCUT2D eigenvalue weighted by atomic mass is 35.5. The summed E-state index contributed by atoms with van der Waals surface area (Å²) in [6.45, 7) is 2.65. The van der Waals surface area contributed by atoms with Crippen molar-refractivity contribution >= 4 is 11.6 Å². The van der Waals surface area contributed by atoms with Gasteiger partial charge in [0, 0.05) is 11.1 Å². The van der Waals surface area contributed by atoms with Crippen LogP contribution in [0.25, 0.3) is 0 Å². The summed E-state index contributed by atoms with van der Waals surface area (Å²) in [4.78, 5) is 0. The van der Waals surface area contributed by atoms with Crippen LogP contribution in [0.3, 0.4) is 0 Å². The van der Waals surface area contributed by atoms with Gasteiger partial charge in [-0.05, 0) is 42.7 Å². The van der Waals surface area contributed by atoms with Crippen LogP contribution in [0.1, 0.15) is 24.1 Å². The van der Waals surface area contributed by atoms with Gasteiger partial charge in [0.05, 0.1) is 6.61 Å². The largest absolute Gasteiger partial charge is 0.494 e. The van der Waals surface area contributed by atoms with Gasteiger partial charge in [0.25, 0.3) is 0 Å². The summed E-state index contributed by atoms with van der Waals surface area (Å²) in [5, 5.41) is 0.723. The molecule has 19 heavy (non-hydrogen) atoms. The van der Waals surface area contributed by atoms with Crippen LogP contribution in [0.4, 0.5) is 0 Å². The van der Waals surface area contributed by atoms with Gasteiger partial charge in [-0.25, -0.2) is 0 Å². The fourth-order valence-electron chi connectivity index (χ4n) is 2.03. The Hall–Kier alpha value is -1.51. The van der Waals surface area contributed by atoms with Crippen molar-refractivity contribution in [1.29, 1.82) is 0 Å². The lowest BCUT2D eigenvalue weighted by Gasteiger charge is -2.14. The van der Waals surface area contributed by atoms with Crippen LogP contribution in [0.5, 0.6) is 5.75 Å². The monoisotopic (exact) mass is 275 g/mol. The predicted octanol–water partition coefficient (Wildman–Crippen LogP) is 3.98. The standard InChI is InChI=1S/C16H18ClNO/c1-2-19-13-9-7-12(8-10-13)11-16(18)14-5-3-4-6-15(14)17/h3-10,16H,2,11,18H2,1H3. The Bertz CT molecular complexity index is 525. The van der Waals surface area contributed by atoms with Crippen molar-refractivity contribution in [2.75, 3.05) is 6.61 Å². The zero-order valence-electron chi connectivity index (χ0n) is 11.0. The normalized spacial score (nSPS) is 12.2. The number of hydrogen-bond donors (Lipinski definition) is 1. The number of benzene rings is 2. The Kier molecular flexibility index (Phi) is 4.83. The molecule has 0 amide bonds. The van der Waals surface area contributed by atoms with Crippen LogP contribution >= 0.6 is 11.6 Å². The maximum Gasteiger partial charge on any atom is 0.119 e. The Balaban J connectivity index is 2.06. The molecule has 1 atom stereocenters. The molecule has 2 nitrogen and oxygen atoms in total. The van der Waals surface area contributed by atoms with Gasteiger partial charge in [-0.2, -0.15) is 0 Å². The molecule has 3 heteroatoms. The summed E-state index contributed by atoms with van der Waals surface area (Å²) in [5.41, 5.74) is 8.37. The second-order valence-corrected chi connectivity index (χ2v) is 4.82. The van der Waals surface area contributed by atoms with Crippen molar-refractivity contribution in [3.05, 3.63) is 64.7 Å². The van der Waals surface area contributed by atoms with Gasteiger partial charge < -0.3 is 10.5 Å². The molecule has 0 fully saturated rings. The molecule has 0 radical (unpaired) electrons. The first-order chi connectivity index (χ1) is 9.20. The second-order valence-electron chi connectivity index (χ2n) is 4.41. The van der Waals surface area contributed by atoms with Crippen molar-refractivity contribution < 1.29 is 4.74 Å². The van der Waals surface area contributed by atoms with Crippen LogP contribution < -0.4 is 10.5 Å². The Labute approximate surface area is 119 Å². The molecule has 2 aromatic rings. The molecule has 100 valence electrons. The van der Waals surface area contributed by atoms with Crippen molar-refractivity contribution in [3.8, 4) is 5.75 Å². The van der Waals surface area contributed by atoms with Gasteiger partial charge in [0.2, 0.25) is 0 Å². The molecule has 0 saturated carbocycles. The van der Waals surface area contributed by atoms with Gasteiger partial charge in [0.1, 0.15) is 5.75 Å². The molecule has 0 saturated heterocycles. The molecule has 0 heterocycles. The Morgan fingerprint density at radius 3 is 2.42 bits per heavy atom. The van der Waals surface area contributed by atoms with E-state index in [2.05, 4.69) is 0 Å². The molecule has 2 N–H and O–H groups in total. The van der Waals surface area contributed by atoms with Gasteiger partial charge in [0.15, 0.2) is 0 Å². The van der Waals surface area contributed by atoms with Crippen molar-refractivity contribution in [3.63, 3.8) is 0 Å². The average molecular weight is 276 g/mol. The first kappa shape index (κ1) is 13.9. The SMILES string of the molecule is CCOc1ccc(CC(N)c2ccccc2Cl)cc1. The second kappa shape index (κ2) is 6.60. The van der Waals surface area contributed by atoms with Gasteiger partial charge >= 0.3 is 0 Å². The highest BCUT2D eigenvalue weighted by molar-refractivity contribution is 6.31. The Morgan fingerprint density at radius 1 is 1.11 bits per heavy atom. The molecule has 2 aromatic carbocycles. The minimum Gasteiger partial charge on any atom is -0.494 e. The lowest BCUT2D eigenvalue weighted by Crippen LogP contribution is -2.13. The lowest BCUT2D eigenvalue weighted by molar-refractivity contribution is 0.340. The zero-order valence-corrected chi connectivity index (χ0v) is 11.7. The molecule has 0 aromatic heterocycles. The van der Waals surface area contributed by atoms with E-state index in [4.69, 9.17) is 22.1 Å². The van der Waals surface area contributed by atoms with Crippen LogP contribution in [-0.2, 0) is 6.42 Å². The van der Waals surface area contributed by atoms with E-state index in [0.717, 1.165) is 22.8 Å². The summed E-state index contributed by atoms with van der Waals surface area (Å²) >= 11 is 6.15. The molecule has 0 aliphatic carbocycles. The number of ether oxygens (including phenoxy) is 1. The molecular formula is C16H18ClNO. The number of nitrogens with two attached hydrogens (primary N) is 1. The number of halogens is 1. The highest BCUT2D eigenvalue weighted by Gasteiger charge is 2.10. The lowest BCUT2D eigenvalue weighted by atomic mass is 10.00. The highest BCUT2D eigenvalue weighted by Crippen LogP contribution is 2.24. The average Bonchev–Trinajstić information content (AvgIpc) is 2.42. The van der Waals surface area contributed by atoms with Crippen molar-refractivity contribution in [2.45, 2.75) is 19.4 Å². The third-order valence-electron chi connectivity index (χ3n) is 2.99. The van der Waals surface area contributed by atoms with Gasteiger partial charge in [-0.15, -0.1) is 0 Å². The maximum atomic E-state index is 6.21. The van der Waals surface area contributed by atoms with Gasteiger partial charge in [-0.1, -0.05) is 41.9 Å². The first-order valence-corrected chi connectivity index (χ1v) is 6.80. The summed E-state index contributed by atoms with van der Waals surface area (Å²) in [6, 6.07) is 15.6. The molecule has 1 unspecified atom stereocenters. The van der Waals surface area contributed by atoms with E-state index in [1.54, 1.807) is 0 Å². The number of hydrogen-bond acceptors (Lipinski definition) is 2. The van der Waals surface area contributed by atoms with Crippen molar-refractivity contribution in [1.82, 2.24) is 0 Å². The maximum absolute atomic E-state index is 6.21. The Morgan fingerprint density at radius 2 is 1.79 bits per heavy atom. The molecule has 0 aliphatic heterocycles. The smallest absolute Gasteiger partial charge is 0.119 e. The number of rotatable bonds is 5. The zero-order chi connectivity index (χ0) is 13.7. The van der Waals surface area contributed by atoms with E-state index in [1.807, 2.05) is 55.5 Å². The van der Waals surface area contributed by atoms with Crippen LogP contribution in [0, 0.1) is 0 Å². The first-order valence-electron chi connectivity index (χ1n) is 6.42. The molecular weight excluding hydrogens is 258 g/mol. The summed E-state index contributed by atoms with van der Waals surface area (Å²) in [7, 11) is 0. The fraction of sp³-hybridized carbons (Fsp3) is 0.250. The molecule has 0 aliphatic rings. The van der Waals surface area contributed by atoms with E-state index >= 15 is 0 Å². The van der Waals surface area contributed by atoms with E-state index in [0.29, 0.717) is 6.61 Å². The predicted molar refractivity (Wildman–Crippen MR) is 79.7 cm³/mol. The van der Waals surface area contributed by atoms with Crippen molar-refractivity contribution in [2.24, 2.45) is 5.73 Å². The van der Waals surface area contributed by atoms with Gasteiger partial charge in [-0.3, -0.25) is 0 Å². The summed E-state index contributed by atoms with van der Waals surface area (Å²) < 4.78 is 5.42. The molecule has 0 spiro atoms. The minimum atomic E-state index is -0.0911. The van der Waals surface area contributed by atoms with E-state index in [-0.39, 0.29) is 6.04 Å². The molecule has 0 bridgehead atoms. The van der Waals surface area contributed by atoms with Crippen LogP contribution in [0.2, 0.25) is 5.02 Å².